The number of rotatable bonds is 15. The maximum atomic E-state index is 5.45. The summed E-state index contributed by atoms with van der Waals surface area (Å²) >= 11 is 0. The van der Waals surface area contributed by atoms with E-state index in [9.17, 15) is 0 Å². The molecule has 0 bridgehead atoms. The lowest BCUT2D eigenvalue weighted by Crippen LogP contribution is -2.10. The average molecular weight is 379 g/mol. The predicted octanol–water partition coefficient (Wildman–Crippen LogP) is 6.12. The van der Waals surface area contributed by atoms with E-state index in [-0.39, 0.29) is 0 Å². The van der Waals surface area contributed by atoms with E-state index >= 15 is 0 Å². The molecule has 26 heavy (non-hydrogen) atoms. The minimum atomic E-state index is 0.437. The highest BCUT2D eigenvalue weighted by molar-refractivity contribution is 4.46. The van der Waals surface area contributed by atoms with Crippen molar-refractivity contribution in [2.75, 3.05) is 46.2 Å². The van der Waals surface area contributed by atoms with Crippen molar-refractivity contribution in [1.29, 1.82) is 0 Å². The van der Waals surface area contributed by atoms with Crippen LogP contribution in [0.15, 0.2) is 0 Å². The Balaban J connectivity index is -0.000000310. The van der Waals surface area contributed by atoms with E-state index in [1.165, 1.54) is 0 Å². The lowest BCUT2D eigenvalue weighted by Gasteiger charge is -2.11. The molecule has 0 aromatic carbocycles. The first-order valence-electron chi connectivity index (χ1n) is 10.8. The van der Waals surface area contributed by atoms with Gasteiger partial charge in [0.05, 0.1) is 19.3 Å². The lowest BCUT2D eigenvalue weighted by atomic mass is 10.2. The quantitative estimate of drug-likeness (QED) is 0.322. The van der Waals surface area contributed by atoms with Gasteiger partial charge in [-0.1, -0.05) is 48.5 Å². The molecule has 1 unspecified atom stereocenters. The monoisotopic (exact) mass is 378 g/mol. The van der Waals surface area contributed by atoms with Gasteiger partial charge >= 0.3 is 0 Å². The molecule has 162 valence electrons. The van der Waals surface area contributed by atoms with Gasteiger partial charge in [0, 0.05) is 33.0 Å². The smallest absolute Gasteiger partial charge is 0.0700 e. The molecule has 0 spiro atoms. The molecular formula is C22H50O4. The van der Waals surface area contributed by atoms with Crippen molar-refractivity contribution in [3.8, 4) is 0 Å². The maximum absolute atomic E-state index is 5.45. The summed E-state index contributed by atoms with van der Waals surface area (Å²) in [6, 6.07) is 0. The Morgan fingerprint density at radius 1 is 0.538 bits per heavy atom. The topological polar surface area (TPSA) is 36.9 Å². The second-order valence-electron chi connectivity index (χ2n) is 6.78. The second-order valence-corrected chi connectivity index (χ2v) is 6.78. The van der Waals surface area contributed by atoms with E-state index in [2.05, 4.69) is 55.4 Å². The van der Waals surface area contributed by atoms with Crippen LogP contribution in [0.1, 0.15) is 87.5 Å². The van der Waals surface area contributed by atoms with Crippen LogP contribution in [-0.4, -0.2) is 52.4 Å². The van der Waals surface area contributed by atoms with Crippen molar-refractivity contribution in [1.82, 2.24) is 0 Å². The summed E-state index contributed by atoms with van der Waals surface area (Å²) in [4.78, 5) is 0. The third-order valence-electron chi connectivity index (χ3n) is 3.05. The van der Waals surface area contributed by atoms with Crippen LogP contribution >= 0.6 is 0 Å². The van der Waals surface area contributed by atoms with Gasteiger partial charge in [0.2, 0.25) is 0 Å². The molecule has 0 aromatic heterocycles. The SMILES string of the molecule is CCC(C)OCC(C)C.CCCOCCC.CCCOCCOCCC. The highest BCUT2D eigenvalue weighted by Crippen LogP contribution is 1.99. The van der Waals surface area contributed by atoms with E-state index in [4.69, 9.17) is 18.9 Å². The minimum Gasteiger partial charge on any atom is -0.381 e. The summed E-state index contributed by atoms with van der Waals surface area (Å²) in [5.41, 5.74) is 0. The molecule has 0 radical (unpaired) electrons. The zero-order valence-electron chi connectivity index (χ0n) is 19.3. The van der Waals surface area contributed by atoms with Gasteiger partial charge in [-0.15, -0.1) is 0 Å². The first-order chi connectivity index (χ1) is 12.5. The lowest BCUT2D eigenvalue weighted by molar-refractivity contribution is 0.0455. The Hall–Kier alpha value is -0.160. The Labute approximate surface area is 165 Å². The average Bonchev–Trinajstić information content (AvgIpc) is 2.64. The van der Waals surface area contributed by atoms with Crippen LogP contribution in [0.4, 0.5) is 0 Å². The predicted molar refractivity (Wildman–Crippen MR) is 114 cm³/mol. The molecule has 0 saturated carbocycles. The van der Waals surface area contributed by atoms with Gasteiger partial charge in [-0.25, -0.2) is 0 Å². The molecule has 0 N–H and O–H groups in total. The van der Waals surface area contributed by atoms with E-state index in [1.54, 1.807) is 0 Å². The van der Waals surface area contributed by atoms with Crippen molar-refractivity contribution in [2.45, 2.75) is 93.6 Å². The normalized spacial score (nSPS) is 11.4. The Kier molecular flexibility index (Phi) is 34.8. The van der Waals surface area contributed by atoms with E-state index in [1.807, 2.05) is 0 Å². The molecule has 0 rings (SSSR count). The first kappa shape index (κ1) is 30.6. The maximum Gasteiger partial charge on any atom is 0.0700 e. The molecule has 0 amide bonds. The van der Waals surface area contributed by atoms with Crippen molar-refractivity contribution in [3.63, 3.8) is 0 Å². The van der Waals surface area contributed by atoms with Crippen molar-refractivity contribution in [3.05, 3.63) is 0 Å². The Morgan fingerprint density at radius 3 is 1.15 bits per heavy atom. The van der Waals surface area contributed by atoms with Crippen molar-refractivity contribution in [2.24, 2.45) is 5.92 Å². The fraction of sp³-hybridized carbons (Fsp3) is 1.00. The third-order valence-corrected chi connectivity index (χ3v) is 3.05. The molecule has 4 nitrogen and oxygen atoms in total. The molecule has 0 aliphatic rings. The van der Waals surface area contributed by atoms with E-state index in [0.717, 1.165) is 78.4 Å². The zero-order valence-corrected chi connectivity index (χ0v) is 19.3. The minimum absolute atomic E-state index is 0.437. The van der Waals surface area contributed by atoms with Crippen LogP contribution < -0.4 is 0 Å². The Morgan fingerprint density at radius 2 is 0.885 bits per heavy atom. The Bertz CT molecular complexity index is 198. The van der Waals surface area contributed by atoms with Gasteiger partial charge in [0.25, 0.3) is 0 Å². The molecule has 0 aliphatic carbocycles. The highest BCUT2D eigenvalue weighted by atomic mass is 16.5. The van der Waals surface area contributed by atoms with Gasteiger partial charge in [0.15, 0.2) is 0 Å². The van der Waals surface area contributed by atoms with Crippen LogP contribution in [0.3, 0.4) is 0 Å². The summed E-state index contributed by atoms with van der Waals surface area (Å²) in [6.07, 6.45) is 6.02. The summed E-state index contributed by atoms with van der Waals surface area (Å²) in [7, 11) is 0. The standard InChI is InChI=1S/C8H18O2.C8H18O.C6H14O/c1-3-5-9-7-8-10-6-4-2;1-5-8(4)9-6-7(2)3;1-3-5-7-6-4-2/h3-8H2,1-2H3;7-8H,5-6H2,1-4H3;3-6H2,1-2H3. The molecule has 0 aliphatic heterocycles. The van der Waals surface area contributed by atoms with Gasteiger partial charge in [0.1, 0.15) is 0 Å². The summed E-state index contributed by atoms with van der Waals surface area (Å²) in [5, 5.41) is 0. The molecule has 0 heterocycles. The van der Waals surface area contributed by atoms with Crippen molar-refractivity contribution < 1.29 is 18.9 Å². The van der Waals surface area contributed by atoms with Gasteiger partial charge in [-0.05, 0) is 44.9 Å². The number of hydrogen-bond acceptors (Lipinski definition) is 4. The van der Waals surface area contributed by atoms with Gasteiger partial charge in [-0.2, -0.15) is 0 Å². The molecule has 1 atom stereocenters. The molecular weight excluding hydrogens is 328 g/mol. The first-order valence-corrected chi connectivity index (χ1v) is 10.8. The fourth-order valence-corrected chi connectivity index (χ4v) is 1.48. The second kappa shape index (κ2) is 29.6. The zero-order chi connectivity index (χ0) is 20.5. The van der Waals surface area contributed by atoms with Crippen LogP contribution in [-0.2, 0) is 18.9 Å². The molecule has 0 aromatic rings. The summed E-state index contributed by atoms with van der Waals surface area (Å²) in [5.74, 6) is 0.666. The molecule has 0 fully saturated rings. The summed E-state index contributed by atoms with van der Waals surface area (Å²) < 4.78 is 21.0. The number of ether oxygens (including phenoxy) is 4. The van der Waals surface area contributed by atoms with Gasteiger partial charge < -0.3 is 18.9 Å². The van der Waals surface area contributed by atoms with Crippen LogP contribution in [0, 0.1) is 5.92 Å². The molecule has 0 saturated heterocycles. The summed E-state index contributed by atoms with van der Waals surface area (Å²) in [6.45, 7) is 23.0. The third kappa shape index (κ3) is 39.1. The highest BCUT2D eigenvalue weighted by Gasteiger charge is 1.98. The van der Waals surface area contributed by atoms with E-state index in [0.29, 0.717) is 12.0 Å². The van der Waals surface area contributed by atoms with Crippen LogP contribution in [0.25, 0.3) is 0 Å². The molecule has 4 heteroatoms. The van der Waals surface area contributed by atoms with Gasteiger partial charge in [-0.3, -0.25) is 0 Å². The van der Waals surface area contributed by atoms with Crippen LogP contribution in [0.5, 0.6) is 0 Å². The number of hydrogen-bond donors (Lipinski definition) is 0. The van der Waals surface area contributed by atoms with E-state index < -0.39 is 0 Å². The largest absolute Gasteiger partial charge is 0.381 e. The van der Waals surface area contributed by atoms with Crippen LogP contribution in [0.2, 0.25) is 0 Å². The fourth-order valence-electron chi connectivity index (χ4n) is 1.48. The van der Waals surface area contributed by atoms with Crippen molar-refractivity contribution >= 4 is 0 Å².